The Morgan fingerprint density at radius 3 is 1.11 bits per heavy atom. The average Bonchev–Trinajstić information content (AvgIpc) is 3.74. The molecule has 64 heavy (non-hydrogen) atoms. The third-order valence-electron chi connectivity index (χ3n) is 14.6. The van der Waals surface area contributed by atoms with Crippen LogP contribution in [-0.4, -0.2) is 11.1 Å². The SMILES string of the molecule is Cc1ccc2c(c1)B1c3cc(C)ccc3N(c3ccc(C(C)(C)C)cc3)c3c1c(c1c4cc(C(C)(C)C)ccc4n4c5ccc(C(C)(C)C)cc5c3c14)N2c1ccc(C(C)(C)C)cc1. The highest BCUT2D eigenvalue weighted by atomic mass is 15.2. The third-order valence-corrected chi connectivity index (χ3v) is 14.6. The number of aromatic nitrogens is 1. The molecule has 2 aliphatic rings. The quantitative estimate of drug-likeness (QED) is 0.161. The Bertz CT molecular complexity index is 3150. The van der Waals surface area contributed by atoms with Crippen LogP contribution in [0, 0.1) is 13.8 Å². The molecule has 0 amide bonds. The van der Waals surface area contributed by atoms with Crippen LogP contribution in [0.2, 0.25) is 0 Å². The molecule has 7 aromatic carbocycles. The second kappa shape index (κ2) is 13.3. The van der Waals surface area contributed by atoms with Crippen molar-refractivity contribution >= 4 is 95.3 Å². The van der Waals surface area contributed by atoms with Crippen LogP contribution >= 0.6 is 0 Å². The van der Waals surface area contributed by atoms with Gasteiger partial charge in [-0.15, -0.1) is 0 Å². The number of nitrogens with zero attached hydrogens (tertiary/aromatic N) is 3. The molecule has 0 spiro atoms. The van der Waals surface area contributed by atoms with Gasteiger partial charge < -0.3 is 14.2 Å². The molecule has 0 fully saturated rings. The van der Waals surface area contributed by atoms with E-state index in [1.807, 2.05) is 0 Å². The number of hydrogen-bond donors (Lipinski definition) is 0. The van der Waals surface area contributed by atoms with Crippen molar-refractivity contribution in [3.8, 4) is 0 Å². The van der Waals surface area contributed by atoms with E-state index in [0.29, 0.717) is 0 Å². The Morgan fingerprint density at radius 2 is 0.750 bits per heavy atom. The molecule has 3 nitrogen and oxygen atoms in total. The summed E-state index contributed by atoms with van der Waals surface area (Å²) in [6.45, 7) is 32.5. The van der Waals surface area contributed by atoms with Crippen molar-refractivity contribution in [2.75, 3.05) is 9.80 Å². The monoisotopic (exact) mass is 836 g/mol. The Kier molecular flexibility index (Phi) is 8.46. The smallest absolute Gasteiger partial charge is 0.252 e. The zero-order valence-corrected chi connectivity index (χ0v) is 40.5. The van der Waals surface area contributed by atoms with E-state index in [-0.39, 0.29) is 28.4 Å². The molecule has 0 radical (unpaired) electrons. The normalized spacial score (nSPS) is 14.3. The van der Waals surface area contributed by atoms with Crippen molar-refractivity contribution in [1.29, 1.82) is 0 Å². The van der Waals surface area contributed by atoms with Crippen molar-refractivity contribution in [3.05, 3.63) is 155 Å². The molecule has 2 aliphatic heterocycles. The van der Waals surface area contributed by atoms with Crippen molar-refractivity contribution < 1.29 is 0 Å². The zero-order valence-electron chi connectivity index (χ0n) is 40.5. The Hall–Kier alpha value is -6.00. The molecule has 0 atom stereocenters. The molecule has 0 unspecified atom stereocenters. The van der Waals surface area contributed by atoms with E-state index < -0.39 is 0 Å². The van der Waals surface area contributed by atoms with Crippen LogP contribution in [0.25, 0.3) is 38.1 Å². The Morgan fingerprint density at radius 1 is 0.391 bits per heavy atom. The van der Waals surface area contributed by atoms with Gasteiger partial charge in [-0.25, -0.2) is 0 Å². The van der Waals surface area contributed by atoms with E-state index in [1.54, 1.807) is 0 Å². The minimum absolute atomic E-state index is 0.00435. The summed E-state index contributed by atoms with van der Waals surface area (Å²) in [6, 6.07) is 48.0. The van der Waals surface area contributed by atoms with E-state index >= 15 is 0 Å². The van der Waals surface area contributed by atoms with Crippen LogP contribution in [0.15, 0.2) is 121 Å². The number of benzene rings is 7. The van der Waals surface area contributed by atoms with Gasteiger partial charge in [0.15, 0.2) is 0 Å². The van der Waals surface area contributed by atoms with Crippen molar-refractivity contribution in [2.45, 2.75) is 119 Å². The summed E-state index contributed by atoms with van der Waals surface area (Å²) in [5, 5.41) is 5.29. The Balaban J connectivity index is 1.41. The van der Waals surface area contributed by atoms with E-state index in [0.717, 1.165) is 0 Å². The molecular weight excluding hydrogens is 773 g/mol. The maximum absolute atomic E-state index is 2.65. The fourth-order valence-electron chi connectivity index (χ4n) is 11.1. The first-order chi connectivity index (χ1) is 30.1. The minimum atomic E-state index is -0.0257. The van der Waals surface area contributed by atoms with Crippen LogP contribution in [-0.2, 0) is 21.7 Å². The van der Waals surface area contributed by atoms with Gasteiger partial charge in [-0.2, -0.15) is 0 Å². The number of hydrogen-bond acceptors (Lipinski definition) is 2. The molecule has 0 bridgehead atoms. The molecule has 0 aliphatic carbocycles. The highest BCUT2D eigenvalue weighted by Gasteiger charge is 2.47. The molecule has 320 valence electrons. The maximum Gasteiger partial charge on any atom is 0.252 e. The summed E-state index contributed by atoms with van der Waals surface area (Å²) < 4.78 is 2.62. The van der Waals surface area contributed by atoms with Crippen LogP contribution in [0.1, 0.15) is 116 Å². The predicted molar refractivity (Wildman–Crippen MR) is 279 cm³/mol. The first kappa shape index (κ1) is 40.8. The van der Waals surface area contributed by atoms with Crippen molar-refractivity contribution in [3.63, 3.8) is 0 Å². The predicted octanol–water partition coefficient (Wildman–Crippen LogP) is 14.7. The fourth-order valence-corrected chi connectivity index (χ4v) is 11.1. The van der Waals surface area contributed by atoms with Crippen molar-refractivity contribution in [1.82, 2.24) is 4.40 Å². The molecular formula is C60H62BN3. The summed E-state index contributed by atoms with van der Waals surface area (Å²) in [6.07, 6.45) is 0. The third kappa shape index (κ3) is 5.86. The zero-order chi connectivity index (χ0) is 45.2. The highest BCUT2D eigenvalue weighted by molar-refractivity contribution is 7.01. The van der Waals surface area contributed by atoms with Crippen molar-refractivity contribution in [2.24, 2.45) is 0 Å². The summed E-state index contributed by atoms with van der Waals surface area (Å²) in [7, 11) is 0. The largest absolute Gasteiger partial charge is 0.311 e. The molecule has 11 rings (SSSR count). The van der Waals surface area contributed by atoms with Gasteiger partial charge in [0.05, 0.1) is 27.9 Å². The van der Waals surface area contributed by atoms with Gasteiger partial charge in [0.1, 0.15) is 0 Å². The topological polar surface area (TPSA) is 10.9 Å². The number of fused-ring (bicyclic) bond motifs is 12. The highest BCUT2D eigenvalue weighted by Crippen LogP contribution is 2.55. The van der Waals surface area contributed by atoms with Gasteiger partial charge >= 0.3 is 0 Å². The van der Waals surface area contributed by atoms with Gasteiger partial charge in [0.2, 0.25) is 0 Å². The Labute approximate surface area is 381 Å². The molecule has 0 saturated carbocycles. The van der Waals surface area contributed by atoms with E-state index in [4.69, 9.17) is 0 Å². The lowest BCUT2D eigenvalue weighted by Crippen LogP contribution is -2.61. The molecule has 0 saturated heterocycles. The van der Waals surface area contributed by atoms with Crippen LogP contribution in [0.5, 0.6) is 0 Å². The second-order valence-electron chi connectivity index (χ2n) is 23.3. The fraction of sp³-hybridized carbons (Fsp3) is 0.300. The van der Waals surface area contributed by atoms with Gasteiger partial charge in [-0.3, -0.25) is 0 Å². The van der Waals surface area contributed by atoms with Gasteiger partial charge in [0.25, 0.3) is 6.71 Å². The molecule has 2 aromatic heterocycles. The van der Waals surface area contributed by atoms with Gasteiger partial charge in [-0.05, 0) is 135 Å². The second-order valence-corrected chi connectivity index (χ2v) is 23.3. The number of anilines is 6. The van der Waals surface area contributed by atoms with E-state index in [2.05, 4.69) is 232 Å². The molecule has 0 N–H and O–H groups in total. The van der Waals surface area contributed by atoms with Gasteiger partial charge in [0, 0.05) is 44.3 Å². The first-order valence-electron chi connectivity index (χ1n) is 23.5. The lowest BCUT2D eigenvalue weighted by atomic mass is 9.33. The number of aryl methyl sites for hydroxylation is 2. The maximum atomic E-state index is 2.65. The first-order valence-corrected chi connectivity index (χ1v) is 23.5. The van der Waals surface area contributed by atoms with E-state index in [9.17, 15) is 0 Å². The van der Waals surface area contributed by atoms with Crippen LogP contribution in [0.4, 0.5) is 34.1 Å². The van der Waals surface area contributed by atoms with Gasteiger partial charge in [-0.1, -0.05) is 155 Å². The standard InChI is InChI=1S/C60H62BN3/c1-35-15-27-49-45(31-35)61-46-32-36(2)16-28-50(46)63(42-25-19-38(20-26-42)58(6,7)8)56-52-44-34-40(60(12,13)14)22-30-48(44)64-47-29-21-39(59(9,10)11)33-43(47)51(54(52)64)55(53(56)61)62(49)41-23-17-37(18-24-41)57(3,4)5/h15-34H,1-14H3. The summed E-state index contributed by atoms with van der Waals surface area (Å²) >= 11 is 0. The minimum Gasteiger partial charge on any atom is -0.311 e. The van der Waals surface area contributed by atoms with Crippen LogP contribution < -0.4 is 26.2 Å². The number of rotatable bonds is 2. The molecule has 4 heterocycles. The summed E-state index contributed by atoms with van der Waals surface area (Å²) in [5.74, 6) is 0. The van der Waals surface area contributed by atoms with Crippen LogP contribution in [0.3, 0.4) is 0 Å². The molecule has 4 heteroatoms. The summed E-state index contributed by atoms with van der Waals surface area (Å²) in [5.41, 5.74) is 23.3. The van der Waals surface area contributed by atoms with E-state index in [1.165, 1.54) is 122 Å². The summed E-state index contributed by atoms with van der Waals surface area (Å²) in [4.78, 5) is 5.29. The lowest BCUT2D eigenvalue weighted by molar-refractivity contribution is 0.590. The lowest BCUT2D eigenvalue weighted by Gasteiger charge is -2.45. The average molecular weight is 836 g/mol. The molecule has 9 aromatic rings.